The van der Waals surface area contributed by atoms with Crippen LogP contribution in [0.1, 0.15) is 29.4 Å². The van der Waals surface area contributed by atoms with E-state index in [1.807, 2.05) is 0 Å². The Balaban J connectivity index is 1.87. The SMILES string of the molecule is CC(CC(=O)Nc1ccc(Cl)c(C(F)(F)F)c1)NNC(=O)c1cnccn1. The molecule has 2 amide bonds. The molecular formula is C16H15ClF3N5O2. The summed E-state index contributed by atoms with van der Waals surface area (Å²) in [5.74, 6) is -1.08. The van der Waals surface area contributed by atoms with Crippen LogP contribution >= 0.6 is 11.6 Å². The molecule has 3 N–H and O–H groups in total. The summed E-state index contributed by atoms with van der Waals surface area (Å²) in [5, 5.41) is 1.90. The Morgan fingerprint density at radius 2 is 2.00 bits per heavy atom. The third-order valence-electron chi connectivity index (χ3n) is 3.28. The van der Waals surface area contributed by atoms with Crippen LogP contribution in [-0.2, 0) is 11.0 Å². The number of hydrogen-bond acceptors (Lipinski definition) is 5. The minimum absolute atomic E-state index is 0.0347. The number of aromatic nitrogens is 2. The predicted octanol–water partition coefficient (Wildman–Crippen LogP) is 2.80. The van der Waals surface area contributed by atoms with E-state index in [2.05, 4.69) is 26.1 Å². The number of hydrazine groups is 1. The van der Waals surface area contributed by atoms with E-state index in [1.165, 1.54) is 24.7 Å². The molecule has 1 aromatic heterocycles. The molecule has 0 aliphatic heterocycles. The molecule has 144 valence electrons. The summed E-state index contributed by atoms with van der Waals surface area (Å²) in [6, 6.07) is 2.58. The fraction of sp³-hybridized carbons (Fsp3) is 0.250. The van der Waals surface area contributed by atoms with E-state index in [0.717, 1.165) is 12.1 Å². The van der Waals surface area contributed by atoms with Crippen LogP contribution in [0.15, 0.2) is 36.8 Å². The fourth-order valence-electron chi connectivity index (χ4n) is 2.03. The van der Waals surface area contributed by atoms with Crippen molar-refractivity contribution in [3.05, 3.63) is 53.1 Å². The molecule has 0 bridgehead atoms. The number of rotatable bonds is 6. The molecule has 0 aliphatic carbocycles. The highest BCUT2D eigenvalue weighted by Gasteiger charge is 2.33. The van der Waals surface area contributed by atoms with Crippen molar-refractivity contribution in [1.29, 1.82) is 0 Å². The van der Waals surface area contributed by atoms with Crippen LogP contribution in [0.3, 0.4) is 0 Å². The summed E-state index contributed by atoms with van der Waals surface area (Å²) in [4.78, 5) is 31.3. The third kappa shape index (κ3) is 6.19. The van der Waals surface area contributed by atoms with Crippen molar-refractivity contribution in [2.45, 2.75) is 25.6 Å². The number of nitrogens with one attached hydrogen (secondary N) is 3. The van der Waals surface area contributed by atoms with Crippen LogP contribution in [-0.4, -0.2) is 27.8 Å². The quantitative estimate of drug-likeness (QED) is 0.647. The molecule has 1 aromatic carbocycles. The Bertz CT molecular complexity index is 817. The van der Waals surface area contributed by atoms with Gasteiger partial charge in [-0.25, -0.2) is 10.4 Å². The van der Waals surface area contributed by atoms with Crippen molar-refractivity contribution in [3.63, 3.8) is 0 Å². The lowest BCUT2D eigenvalue weighted by Crippen LogP contribution is -2.44. The molecule has 1 unspecified atom stereocenters. The predicted molar refractivity (Wildman–Crippen MR) is 91.8 cm³/mol. The molecule has 0 saturated carbocycles. The van der Waals surface area contributed by atoms with Crippen LogP contribution < -0.4 is 16.2 Å². The number of benzene rings is 1. The molecule has 1 atom stereocenters. The van der Waals surface area contributed by atoms with Crippen LogP contribution in [0.4, 0.5) is 18.9 Å². The molecule has 1 heterocycles. The highest BCUT2D eigenvalue weighted by molar-refractivity contribution is 6.31. The molecule has 2 aromatic rings. The number of halogens is 4. The van der Waals surface area contributed by atoms with Gasteiger partial charge in [0.1, 0.15) is 5.69 Å². The normalized spacial score (nSPS) is 12.3. The standard InChI is InChI=1S/C16H15ClF3N5O2/c1-9(24-25-15(27)13-8-21-4-5-22-13)6-14(26)23-10-2-3-12(17)11(7-10)16(18,19)20/h2-5,7-9,24H,6H2,1H3,(H,23,26)(H,25,27). The van der Waals surface area contributed by atoms with Gasteiger partial charge in [-0.2, -0.15) is 13.2 Å². The van der Waals surface area contributed by atoms with E-state index in [-0.39, 0.29) is 17.8 Å². The van der Waals surface area contributed by atoms with Gasteiger partial charge in [-0.15, -0.1) is 0 Å². The van der Waals surface area contributed by atoms with Crippen molar-refractivity contribution in [3.8, 4) is 0 Å². The second-order valence-corrected chi connectivity index (χ2v) is 5.94. The van der Waals surface area contributed by atoms with Gasteiger partial charge in [-0.05, 0) is 25.1 Å². The lowest BCUT2D eigenvalue weighted by Gasteiger charge is -2.15. The molecule has 11 heteroatoms. The van der Waals surface area contributed by atoms with Gasteiger partial charge < -0.3 is 5.32 Å². The zero-order chi connectivity index (χ0) is 20.0. The van der Waals surface area contributed by atoms with Gasteiger partial charge in [0, 0.05) is 30.5 Å². The zero-order valence-corrected chi connectivity index (χ0v) is 14.7. The maximum absolute atomic E-state index is 12.8. The summed E-state index contributed by atoms with van der Waals surface area (Å²) >= 11 is 5.53. The summed E-state index contributed by atoms with van der Waals surface area (Å²) in [5.41, 5.74) is 3.99. The van der Waals surface area contributed by atoms with Gasteiger partial charge in [0.25, 0.3) is 5.91 Å². The molecule has 0 aliphatic rings. The number of alkyl halides is 3. The van der Waals surface area contributed by atoms with E-state index >= 15 is 0 Å². The molecule has 2 rings (SSSR count). The van der Waals surface area contributed by atoms with Crippen LogP contribution in [0.25, 0.3) is 0 Å². The Kier molecular flexibility index (Phi) is 6.70. The molecule has 0 fully saturated rings. The summed E-state index contributed by atoms with van der Waals surface area (Å²) in [6.07, 6.45) is -0.694. The summed E-state index contributed by atoms with van der Waals surface area (Å²) in [7, 11) is 0. The van der Waals surface area contributed by atoms with E-state index < -0.39 is 34.6 Å². The molecule has 0 spiro atoms. The maximum atomic E-state index is 12.8. The Labute approximate surface area is 157 Å². The van der Waals surface area contributed by atoms with Crippen LogP contribution in [0.5, 0.6) is 0 Å². The first-order valence-corrected chi connectivity index (χ1v) is 8.03. The lowest BCUT2D eigenvalue weighted by molar-refractivity contribution is -0.137. The minimum atomic E-state index is -4.63. The number of carbonyl (C=O) groups excluding carboxylic acids is 2. The smallest absolute Gasteiger partial charge is 0.326 e. The highest BCUT2D eigenvalue weighted by atomic mass is 35.5. The van der Waals surface area contributed by atoms with E-state index in [0.29, 0.717) is 0 Å². The maximum Gasteiger partial charge on any atom is 0.417 e. The first kappa shape index (κ1) is 20.6. The highest BCUT2D eigenvalue weighted by Crippen LogP contribution is 2.36. The average Bonchev–Trinajstić information content (AvgIpc) is 2.61. The van der Waals surface area contributed by atoms with Gasteiger partial charge in [0.2, 0.25) is 5.91 Å². The number of amides is 2. The number of hydrogen-bond donors (Lipinski definition) is 3. The minimum Gasteiger partial charge on any atom is -0.326 e. The average molecular weight is 402 g/mol. The van der Waals surface area contributed by atoms with Gasteiger partial charge >= 0.3 is 6.18 Å². The molecule has 0 radical (unpaired) electrons. The van der Waals surface area contributed by atoms with Crippen molar-refractivity contribution in [2.24, 2.45) is 0 Å². The fourth-order valence-corrected chi connectivity index (χ4v) is 2.26. The summed E-state index contributed by atoms with van der Waals surface area (Å²) < 4.78 is 38.5. The van der Waals surface area contributed by atoms with Crippen LogP contribution in [0, 0.1) is 0 Å². The van der Waals surface area contributed by atoms with Gasteiger partial charge in [0.05, 0.1) is 16.8 Å². The monoisotopic (exact) mass is 401 g/mol. The molecular weight excluding hydrogens is 387 g/mol. The van der Waals surface area contributed by atoms with Crippen molar-refractivity contribution in [2.75, 3.05) is 5.32 Å². The zero-order valence-electron chi connectivity index (χ0n) is 14.0. The van der Waals surface area contributed by atoms with Gasteiger partial charge in [0.15, 0.2) is 0 Å². The first-order valence-electron chi connectivity index (χ1n) is 7.65. The Morgan fingerprint density at radius 3 is 2.63 bits per heavy atom. The number of nitrogens with zero attached hydrogens (tertiary/aromatic N) is 2. The second kappa shape index (κ2) is 8.78. The molecule has 27 heavy (non-hydrogen) atoms. The number of anilines is 1. The van der Waals surface area contributed by atoms with E-state index in [4.69, 9.17) is 11.6 Å². The van der Waals surface area contributed by atoms with Crippen LogP contribution in [0.2, 0.25) is 5.02 Å². The first-order chi connectivity index (χ1) is 12.7. The Hall–Kier alpha value is -2.72. The van der Waals surface area contributed by atoms with Gasteiger partial charge in [-0.1, -0.05) is 11.6 Å². The van der Waals surface area contributed by atoms with Crippen molar-refractivity contribution >= 4 is 29.1 Å². The largest absolute Gasteiger partial charge is 0.417 e. The molecule has 7 nitrogen and oxygen atoms in total. The third-order valence-corrected chi connectivity index (χ3v) is 3.60. The molecule has 0 saturated heterocycles. The van der Waals surface area contributed by atoms with Crippen molar-refractivity contribution < 1.29 is 22.8 Å². The Morgan fingerprint density at radius 1 is 1.26 bits per heavy atom. The van der Waals surface area contributed by atoms with Crippen molar-refractivity contribution in [1.82, 2.24) is 20.8 Å². The second-order valence-electron chi connectivity index (χ2n) is 5.53. The summed E-state index contributed by atoms with van der Waals surface area (Å²) in [6.45, 7) is 1.61. The number of carbonyl (C=O) groups is 2. The van der Waals surface area contributed by atoms with Gasteiger partial charge in [-0.3, -0.25) is 20.0 Å². The topological polar surface area (TPSA) is 96.0 Å². The van der Waals surface area contributed by atoms with E-state index in [1.54, 1.807) is 6.92 Å². The lowest BCUT2D eigenvalue weighted by atomic mass is 10.1. The van der Waals surface area contributed by atoms with E-state index in [9.17, 15) is 22.8 Å².